The van der Waals surface area contributed by atoms with Crippen molar-refractivity contribution in [3.05, 3.63) is 0 Å². The van der Waals surface area contributed by atoms with E-state index in [0.29, 0.717) is 6.42 Å². The van der Waals surface area contributed by atoms with E-state index >= 15 is 0 Å². The van der Waals surface area contributed by atoms with E-state index in [0.717, 1.165) is 32.1 Å². The molecular weight excluding hydrogens is 240 g/mol. The molecule has 0 rings (SSSR count). The Morgan fingerprint density at radius 2 is 1.63 bits per heavy atom. The molecule has 3 heteroatoms. The quantitative estimate of drug-likeness (QED) is 0.403. The Labute approximate surface area is 118 Å². The molecule has 0 aliphatic heterocycles. The first kappa shape index (κ1) is 18.4. The first-order valence-electron chi connectivity index (χ1n) is 8.01. The van der Waals surface area contributed by atoms with Gasteiger partial charge in [0, 0.05) is 13.0 Å². The van der Waals surface area contributed by atoms with Gasteiger partial charge in [0.15, 0.2) is 0 Å². The fourth-order valence-electron chi connectivity index (χ4n) is 2.11. The minimum Gasteiger partial charge on any atom is -0.463 e. The molecule has 0 heterocycles. The zero-order valence-corrected chi connectivity index (χ0v) is 12.8. The molecule has 0 saturated heterocycles. The van der Waals surface area contributed by atoms with Crippen molar-refractivity contribution in [3.8, 4) is 0 Å². The van der Waals surface area contributed by atoms with Crippen molar-refractivity contribution in [2.75, 3.05) is 6.61 Å². The first-order valence-corrected chi connectivity index (χ1v) is 8.01. The van der Waals surface area contributed by atoms with Crippen molar-refractivity contribution in [2.45, 2.75) is 90.6 Å². The summed E-state index contributed by atoms with van der Waals surface area (Å²) in [5.41, 5.74) is 0. The molecule has 0 aromatic rings. The van der Waals surface area contributed by atoms with Gasteiger partial charge in [-0.25, -0.2) is 0 Å². The highest BCUT2D eigenvalue weighted by Crippen LogP contribution is 2.11. The minimum atomic E-state index is -0.0866. The lowest BCUT2D eigenvalue weighted by atomic mass is 10.1. The Bertz CT molecular complexity index is 204. The van der Waals surface area contributed by atoms with E-state index in [4.69, 9.17) is 9.84 Å². The van der Waals surface area contributed by atoms with Crippen molar-refractivity contribution < 1.29 is 14.6 Å². The van der Waals surface area contributed by atoms with Gasteiger partial charge in [0.2, 0.25) is 0 Å². The van der Waals surface area contributed by atoms with Crippen LogP contribution in [0.4, 0.5) is 0 Å². The minimum absolute atomic E-state index is 0.0523. The topological polar surface area (TPSA) is 46.5 Å². The summed E-state index contributed by atoms with van der Waals surface area (Å²) in [6, 6.07) is 0. The maximum Gasteiger partial charge on any atom is 0.306 e. The fraction of sp³-hybridized carbons (Fsp3) is 0.938. The number of aliphatic hydroxyl groups excluding tert-OH is 1. The summed E-state index contributed by atoms with van der Waals surface area (Å²) in [5, 5.41) is 8.64. The lowest BCUT2D eigenvalue weighted by Gasteiger charge is -2.13. The lowest BCUT2D eigenvalue weighted by molar-refractivity contribution is -0.148. The van der Waals surface area contributed by atoms with Crippen LogP contribution in [0.15, 0.2) is 0 Å². The van der Waals surface area contributed by atoms with Crippen molar-refractivity contribution >= 4 is 5.97 Å². The van der Waals surface area contributed by atoms with Crippen LogP contribution in [0.25, 0.3) is 0 Å². The summed E-state index contributed by atoms with van der Waals surface area (Å²) < 4.78 is 5.36. The van der Waals surface area contributed by atoms with Gasteiger partial charge in [0.05, 0.1) is 6.10 Å². The number of hydrogen-bond donors (Lipinski definition) is 1. The molecule has 1 atom stereocenters. The smallest absolute Gasteiger partial charge is 0.306 e. The molecule has 0 spiro atoms. The Morgan fingerprint density at radius 3 is 2.32 bits per heavy atom. The molecule has 1 unspecified atom stereocenters. The van der Waals surface area contributed by atoms with Gasteiger partial charge in [0.25, 0.3) is 0 Å². The monoisotopic (exact) mass is 272 g/mol. The van der Waals surface area contributed by atoms with Crippen LogP contribution in [0, 0.1) is 0 Å². The molecule has 114 valence electrons. The summed E-state index contributed by atoms with van der Waals surface area (Å²) in [7, 11) is 0. The van der Waals surface area contributed by atoms with E-state index in [9.17, 15) is 4.79 Å². The van der Waals surface area contributed by atoms with Crippen LogP contribution in [0.1, 0.15) is 84.5 Å². The van der Waals surface area contributed by atoms with Crippen LogP contribution in [0.5, 0.6) is 0 Å². The van der Waals surface area contributed by atoms with Gasteiger partial charge in [-0.1, -0.05) is 45.4 Å². The molecule has 19 heavy (non-hydrogen) atoms. The zero-order chi connectivity index (χ0) is 14.3. The predicted octanol–water partition coefficient (Wildman–Crippen LogP) is 4.22. The molecule has 1 N–H and O–H groups in total. The second kappa shape index (κ2) is 13.9. The van der Waals surface area contributed by atoms with Gasteiger partial charge in [-0.15, -0.1) is 0 Å². The molecule has 0 aromatic heterocycles. The number of aliphatic hydroxyl groups is 1. The molecule has 0 aliphatic carbocycles. The summed E-state index contributed by atoms with van der Waals surface area (Å²) in [6.45, 7) is 4.42. The molecule has 0 aliphatic rings. The normalized spacial score (nSPS) is 12.4. The van der Waals surface area contributed by atoms with Gasteiger partial charge >= 0.3 is 5.97 Å². The third-order valence-electron chi connectivity index (χ3n) is 3.34. The van der Waals surface area contributed by atoms with E-state index in [1.54, 1.807) is 0 Å². The third-order valence-corrected chi connectivity index (χ3v) is 3.34. The average molecular weight is 272 g/mol. The Hall–Kier alpha value is -0.570. The Morgan fingerprint density at radius 1 is 1.00 bits per heavy atom. The fourth-order valence-corrected chi connectivity index (χ4v) is 2.11. The van der Waals surface area contributed by atoms with Crippen molar-refractivity contribution in [1.82, 2.24) is 0 Å². The second-order valence-electron chi connectivity index (χ2n) is 5.39. The number of unbranched alkanes of at least 4 members (excludes halogenated alkanes) is 7. The Balaban J connectivity index is 3.36. The zero-order valence-electron chi connectivity index (χ0n) is 12.8. The van der Waals surface area contributed by atoms with Gasteiger partial charge in [-0.05, 0) is 32.6 Å². The Kier molecular flexibility index (Phi) is 13.4. The van der Waals surface area contributed by atoms with Crippen LogP contribution in [0.2, 0.25) is 0 Å². The van der Waals surface area contributed by atoms with Gasteiger partial charge < -0.3 is 9.84 Å². The largest absolute Gasteiger partial charge is 0.463 e. The molecule has 0 saturated carbocycles. The van der Waals surface area contributed by atoms with E-state index in [1.165, 1.54) is 32.1 Å². The van der Waals surface area contributed by atoms with Gasteiger partial charge in [0.1, 0.15) is 0 Å². The highest BCUT2D eigenvalue weighted by Gasteiger charge is 2.08. The summed E-state index contributed by atoms with van der Waals surface area (Å²) in [6.07, 6.45) is 11.7. The number of hydrogen-bond acceptors (Lipinski definition) is 3. The van der Waals surface area contributed by atoms with Gasteiger partial charge in [-0.2, -0.15) is 0 Å². The first-order chi connectivity index (χ1) is 9.20. The molecule has 0 radical (unpaired) electrons. The van der Waals surface area contributed by atoms with Crippen LogP contribution in [0.3, 0.4) is 0 Å². The lowest BCUT2D eigenvalue weighted by Crippen LogP contribution is -2.14. The van der Waals surface area contributed by atoms with Crippen LogP contribution in [-0.2, 0) is 9.53 Å². The van der Waals surface area contributed by atoms with Crippen molar-refractivity contribution in [1.29, 1.82) is 0 Å². The van der Waals surface area contributed by atoms with E-state index in [1.807, 2.05) is 6.92 Å². The number of ether oxygens (including phenoxy) is 1. The molecule has 3 nitrogen and oxygen atoms in total. The number of carbonyl (C=O) groups is 1. The predicted molar refractivity (Wildman–Crippen MR) is 79.1 cm³/mol. The summed E-state index contributed by atoms with van der Waals surface area (Å²) >= 11 is 0. The second-order valence-corrected chi connectivity index (χ2v) is 5.39. The molecular formula is C16H32O3. The van der Waals surface area contributed by atoms with Crippen LogP contribution < -0.4 is 0 Å². The highest BCUT2D eigenvalue weighted by molar-refractivity contribution is 5.69. The standard InChI is InChI=1S/C16H32O3/c1-3-4-5-6-7-9-12-15(2)19-16(18)13-10-8-11-14-17/h15,17H,3-14H2,1-2H3. The number of carbonyl (C=O) groups excluding carboxylic acids is 1. The summed E-state index contributed by atoms with van der Waals surface area (Å²) in [4.78, 5) is 11.5. The third kappa shape index (κ3) is 13.7. The SMILES string of the molecule is CCCCCCCCC(C)OC(=O)CCCCCO. The average Bonchev–Trinajstić information content (AvgIpc) is 2.39. The maximum atomic E-state index is 11.5. The molecule has 0 aromatic carbocycles. The van der Waals surface area contributed by atoms with Crippen LogP contribution >= 0.6 is 0 Å². The molecule has 0 bridgehead atoms. The van der Waals surface area contributed by atoms with Crippen molar-refractivity contribution in [3.63, 3.8) is 0 Å². The van der Waals surface area contributed by atoms with Crippen LogP contribution in [-0.4, -0.2) is 23.8 Å². The number of esters is 1. The van der Waals surface area contributed by atoms with E-state index < -0.39 is 0 Å². The summed E-state index contributed by atoms with van der Waals surface area (Å²) in [5.74, 6) is -0.0866. The number of rotatable bonds is 13. The maximum absolute atomic E-state index is 11.5. The van der Waals surface area contributed by atoms with E-state index in [-0.39, 0.29) is 18.7 Å². The van der Waals surface area contributed by atoms with Gasteiger partial charge in [-0.3, -0.25) is 4.79 Å². The highest BCUT2D eigenvalue weighted by atomic mass is 16.5. The molecule has 0 fully saturated rings. The van der Waals surface area contributed by atoms with Crippen molar-refractivity contribution in [2.24, 2.45) is 0 Å². The van der Waals surface area contributed by atoms with E-state index in [2.05, 4.69) is 6.92 Å². The molecule has 0 amide bonds.